The minimum Gasteiger partial charge on any atom is -0.480 e. The van der Waals surface area contributed by atoms with Gasteiger partial charge < -0.3 is 25.3 Å². The third-order valence-corrected chi connectivity index (χ3v) is 6.18. The second kappa shape index (κ2) is 10.7. The summed E-state index contributed by atoms with van der Waals surface area (Å²) in [6, 6.07) is 0.128. The van der Waals surface area contributed by atoms with Crippen LogP contribution in [-0.2, 0) is 22.6 Å². The number of hydrogen-bond acceptors (Lipinski definition) is 6. The Morgan fingerprint density at radius 2 is 2.15 bits per heavy atom. The van der Waals surface area contributed by atoms with Gasteiger partial charge in [-0.2, -0.15) is 5.26 Å². The number of carbonyl (C=O) groups excluding carboxylic acids is 2. The molecular weight excluding hydrogens is 475 g/mol. The largest absolute Gasteiger partial charge is 0.480 e. The van der Waals surface area contributed by atoms with Crippen molar-refractivity contribution in [2.75, 3.05) is 26.2 Å². The molecule has 0 radical (unpaired) electrons. The Kier molecular flexibility index (Phi) is 7.97. The third kappa shape index (κ3) is 5.65. The zero-order chi connectivity index (χ0) is 24.1. The summed E-state index contributed by atoms with van der Waals surface area (Å²) >= 11 is 12.7. The van der Waals surface area contributed by atoms with E-state index in [9.17, 15) is 24.6 Å². The summed E-state index contributed by atoms with van der Waals surface area (Å²) in [7, 11) is 0. The number of guanidine groups is 1. The molecule has 2 aliphatic heterocycles. The van der Waals surface area contributed by atoms with E-state index in [1.54, 1.807) is 22.1 Å². The second-order valence-corrected chi connectivity index (χ2v) is 8.45. The Balaban J connectivity index is 1.79. The molecule has 13 heteroatoms. The summed E-state index contributed by atoms with van der Waals surface area (Å²) in [5.74, 6) is -2.00. The number of likely N-dealkylation sites (tertiary alicyclic amines) is 1. The fourth-order valence-electron chi connectivity index (χ4n) is 3.77. The van der Waals surface area contributed by atoms with Gasteiger partial charge in [0.05, 0.1) is 28.3 Å². The Hall–Kier alpha value is -3.07. The summed E-state index contributed by atoms with van der Waals surface area (Å²) in [6.45, 7) is 1.07. The first-order valence-corrected chi connectivity index (χ1v) is 10.9. The number of nitrogens with zero attached hydrogens (tertiary/aromatic N) is 4. The van der Waals surface area contributed by atoms with Crippen LogP contribution in [0.3, 0.4) is 0 Å². The molecule has 0 aliphatic carbocycles. The SMILES string of the molecule is N#CNC(=NCC(NC(=O)c1c(Cl)cc2c(c1Cl)CCN(C=O)C2)C(=O)O)N1CCC(O)C1. The molecule has 0 aromatic heterocycles. The molecule has 2 amide bonds. The number of β-amino-alcohol motifs (C(OH)–C–C–N with tert-alkyl or cyclic N) is 1. The van der Waals surface area contributed by atoms with Gasteiger partial charge in [0.1, 0.15) is 6.04 Å². The minimum absolute atomic E-state index is 0.0366. The van der Waals surface area contributed by atoms with E-state index in [0.29, 0.717) is 38.0 Å². The Morgan fingerprint density at radius 1 is 1.39 bits per heavy atom. The van der Waals surface area contributed by atoms with Crippen molar-refractivity contribution in [3.05, 3.63) is 32.8 Å². The number of rotatable bonds is 6. The second-order valence-electron chi connectivity index (χ2n) is 7.66. The van der Waals surface area contributed by atoms with Gasteiger partial charge in [0.25, 0.3) is 5.91 Å². The predicted molar refractivity (Wildman–Crippen MR) is 119 cm³/mol. The number of aliphatic hydroxyl groups excluding tert-OH is 1. The Bertz CT molecular complexity index is 1030. The molecule has 3 rings (SSSR count). The highest BCUT2D eigenvalue weighted by molar-refractivity contribution is 6.40. The van der Waals surface area contributed by atoms with E-state index in [2.05, 4.69) is 15.6 Å². The number of aliphatic hydroxyl groups is 1. The molecule has 0 bridgehead atoms. The summed E-state index contributed by atoms with van der Waals surface area (Å²) in [5.41, 5.74) is 1.35. The minimum atomic E-state index is -1.42. The monoisotopic (exact) mass is 496 g/mol. The van der Waals surface area contributed by atoms with Crippen LogP contribution in [0.5, 0.6) is 0 Å². The van der Waals surface area contributed by atoms with Crippen molar-refractivity contribution >= 4 is 47.4 Å². The van der Waals surface area contributed by atoms with Crippen LogP contribution in [-0.4, -0.2) is 82.6 Å². The lowest BCUT2D eigenvalue weighted by Gasteiger charge is -2.27. The molecule has 1 fully saturated rings. The predicted octanol–water partition coefficient (Wildman–Crippen LogP) is 0.184. The normalized spacial score (nSPS) is 18.8. The highest BCUT2D eigenvalue weighted by atomic mass is 35.5. The van der Waals surface area contributed by atoms with Crippen molar-refractivity contribution in [2.45, 2.75) is 31.5 Å². The standard InChI is InChI=1S/C20H22Cl2N6O5/c21-14-5-11-7-27(10-29)3-2-13(11)17(22)16(14)18(31)26-15(19(32)33)6-24-20(25-9-23)28-4-1-12(30)8-28/h5,10,12,15,30H,1-4,6-8H2,(H,24,25)(H,26,31)(H,32,33). The van der Waals surface area contributed by atoms with E-state index in [1.807, 2.05) is 0 Å². The van der Waals surface area contributed by atoms with Crippen LogP contribution < -0.4 is 10.6 Å². The number of nitrogens with one attached hydrogen (secondary N) is 2. The van der Waals surface area contributed by atoms with Gasteiger partial charge in [-0.15, -0.1) is 0 Å². The number of halogens is 2. The fourth-order valence-corrected chi connectivity index (χ4v) is 4.53. The van der Waals surface area contributed by atoms with Crippen molar-refractivity contribution in [1.82, 2.24) is 20.4 Å². The van der Waals surface area contributed by atoms with Crippen LogP contribution >= 0.6 is 23.2 Å². The van der Waals surface area contributed by atoms with E-state index in [0.717, 1.165) is 12.0 Å². The third-order valence-electron chi connectivity index (χ3n) is 5.47. The van der Waals surface area contributed by atoms with E-state index >= 15 is 0 Å². The van der Waals surface area contributed by atoms with E-state index in [4.69, 9.17) is 28.5 Å². The molecule has 1 aromatic carbocycles. The van der Waals surface area contributed by atoms with Crippen LogP contribution in [0.2, 0.25) is 10.0 Å². The number of carboxylic acids is 1. The molecule has 2 aliphatic rings. The number of aliphatic imine (C=N–C) groups is 1. The molecule has 4 N–H and O–H groups in total. The van der Waals surface area contributed by atoms with E-state index in [1.165, 1.54) is 0 Å². The summed E-state index contributed by atoms with van der Waals surface area (Å²) < 4.78 is 0. The van der Waals surface area contributed by atoms with Crippen LogP contribution in [0.25, 0.3) is 0 Å². The molecule has 176 valence electrons. The van der Waals surface area contributed by atoms with Gasteiger partial charge in [-0.25, -0.2) is 9.79 Å². The average molecular weight is 497 g/mol. The molecule has 11 nitrogen and oxygen atoms in total. The van der Waals surface area contributed by atoms with Gasteiger partial charge in [0.2, 0.25) is 12.4 Å². The number of carbonyl (C=O) groups is 3. The van der Waals surface area contributed by atoms with Crippen LogP contribution in [0.15, 0.2) is 11.1 Å². The lowest BCUT2D eigenvalue weighted by molar-refractivity contribution is -0.138. The van der Waals surface area contributed by atoms with E-state index in [-0.39, 0.29) is 34.7 Å². The van der Waals surface area contributed by atoms with E-state index < -0.39 is 24.0 Å². The molecule has 33 heavy (non-hydrogen) atoms. The van der Waals surface area contributed by atoms with Crippen molar-refractivity contribution in [3.63, 3.8) is 0 Å². The molecular formula is C20H22Cl2N6O5. The van der Waals surface area contributed by atoms with Crippen LogP contribution in [0.1, 0.15) is 27.9 Å². The molecule has 1 aromatic rings. The van der Waals surface area contributed by atoms with Gasteiger partial charge in [-0.1, -0.05) is 23.2 Å². The first-order chi connectivity index (χ1) is 15.7. The van der Waals surface area contributed by atoms with Crippen molar-refractivity contribution in [3.8, 4) is 6.19 Å². The van der Waals surface area contributed by atoms with Gasteiger partial charge in [-0.3, -0.25) is 14.9 Å². The number of amides is 2. The van der Waals surface area contributed by atoms with Crippen molar-refractivity contribution < 1.29 is 24.6 Å². The number of aliphatic carboxylic acids is 1. The van der Waals surface area contributed by atoms with Gasteiger partial charge in [0.15, 0.2) is 6.19 Å². The molecule has 0 spiro atoms. The first kappa shape index (κ1) is 24.6. The molecule has 2 heterocycles. The van der Waals surface area contributed by atoms with Gasteiger partial charge in [0, 0.05) is 26.2 Å². The van der Waals surface area contributed by atoms with Gasteiger partial charge >= 0.3 is 5.97 Å². The maximum atomic E-state index is 12.9. The maximum Gasteiger partial charge on any atom is 0.328 e. The van der Waals surface area contributed by atoms with Gasteiger partial charge in [-0.05, 0) is 30.0 Å². The Morgan fingerprint density at radius 3 is 2.76 bits per heavy atom. The fraction of sp³-hybridized carbons (Fsp3) is 0.450. The topological polar surface area (TPSA) is 158 Å². The lowest BCUT2D eigenvalue weighted by atomic mass is 9.96. The average Bonchev–Trinajstić information content (AvgIpc) is 3.21. The molecule has 2 atom stereocenters. The maximum absolute atomic E-state index is 12.9. The molecule has 0 saturated carbocycles. The number of fused-ring (bicyclic) bond motifs is 1. The highest BCUT2D eigenvalue weighted by Crippen LogP contribution is 2.34. The number of hydrogen-bond donors (Lipinski definition) is 4. The molecule has 1 saturated heterocycles. The van der Waals surface area contributed by atoms with Crippen LogP contribution in [0, 0.1) is 11.5 Å². The van der Waals surface area contributed by atoms with Crippen molar-refractivity contribution in [1.29, 1.82) is 5.26 Å². The summed E-state index contributed by atoms with van der Waals surface area (Å²) in [6.07, 6.45) is 2.81. The lowest BCUT2D eigenvalue weighted by Crippen LogP contribution is -2.45. The number of carboxylic acid groups (broad SMARTS) is 1. The molecule has 2 unspecified atom stereocenters. The number of nitriles is 1. The van der Waals surface area contributed by atoms with Crippen LogP contribution in [0.4, 0.5) is 0 Å². The quantitative estimate of drug-likeness (QED) is 0.143. The van der Waals surface area contributed by atoms with Crippen molar-refractivity contribution in [2.24, 2.45) is 4.99 Å². The Labute approximate surface area is 199 Å². The zero-order valence-electron chi connectivity index (χ0n) is 17.4. The summed E-state index contributed by atoms with van der Waals surface area (Å²) in [5, 5.41) is 33.1. The smallest absolute Gasteiger partial charge is 0.328 e. The number of benzene rings is 1. The summed E-state index contributed by atoms with van der Waals surface area (Å²) in [4.78, 5) is 43.0. The highest BCUT2D eigenvalue weighted by Gasteiger charge is 2.29. The zero-order valence-corrected chi connectivity index (χ0v) is 18.9. The first-order valence-electron chi connectivity index (χ1n) is 10.1.